The average molecular weight is 219 g/mol. The van der Waals surface area contributed by atoms with Crippen molar-refractivity contribution < 1.29 is 15.0 Å². The van der Waals surface area contributed by atoms with Gasteiger partial charge in [0.05, 0.1) is 11.3 Å². The number of nitrogens with zero attached hydrogens (tertiary/aromatic N) is 1. The topological polar surface area (TPSA) is 62.5 Å². The van der Waals surface area contributed by atoms with Crippen LogP contribution in [-0.4, -0.2) is 20.7 Å². The Hall–Kier alpha value is -0.880. The van der Waals surface area contributed by atoms with E-state index in [0.29, 0.717) is 3.95 Å². The van der Waals surface area contributed by atoms with E-state index in [1.54, 1.807) is 6.92 Å². The second kappa shape index (κ2) is 3.89. The standard InChI is InChI=1S/C7H9NO3S2/c1-4-6(11)8(7(12)13-4)3-2-5(9)10/h11H,2-3H2,1H3,(H,9,10). The third kappa shape index (κ3) is 2.28. The monoisotopic (exact) mass is 219 g/mol. The minimum Gasteiger partial charge on any atom is -0.494 e. The van der Waals surface area contributed by atoms with Gasteiger partial charge in [-0.1, -0.05) is 0 Å². The molecule has 6 heteroatoms. The fourth-order valence-electron chi connectivity index (χ4n) is 0.913. The highest BCUT2D eigenvalue weighted by Gasteiger charge is 2.08. The zero-order valence-electron chi connectivity index (χ0n) is 6.98. The van der Waals surface area contributed by atoms with Crippen molar-refractivity contribution in [2.24, 2.45) is 0 Å². The zero-order valence-corrected chi connectivity index (χ0v) is 8.61. The molecular weight excluding hydrogens is 210 g/mol. The maximum atomic E-state index is 10.3. The van der Waals surface area contributed by atoms with Crippen LogP contribution in [0.25, 0.3) is 0 Å². The van der Waals surface area contributed by atoms with Gasteiger partial charge in [-0.3, -0.25) is 9.36 Å². The lowest BCUT2D eigenvalue weighted by Crippen LogP contribution is -2.03. The quantitative estimate of drug-likeness (QED) is 0.760. The third-order valence-corrected chi connectivity index (χ3v) is 2.93. The molecule has 72 valence electrons. The first-order valence-corrected chi connectivity index (χ1v) is 4.86. The number of aryl methyl sites for hydroxylation is 1. The van der Waals surface area contributed by atoms with Crippen LogP contribution in [-0.2, 0) is 11.3 Å². The number of carboxylic acid groups (broad SMARTS) is 1. The Bertz CT molecular complexity index is 380. The van der Waals surface area contributed by atoms with Gasteiger partial charge < -0.3 is 10.2 Å². The summed E-state index contributed by atoms with van der Waals surface area (Å²) in [5.41, 5.74) is 0. The van der Waals surface area contributed by atoms with Gasteiger partial charge in [0.15, 0.2) is 3.95 Å². The molecule has 0 saturated heterocycles. The van der Waals surface area contributed by atoms with E-state index >= 15 is 0 Å². The number of carboxylic acids is 1. The minimum atomic E-state index is -0.898. The van der Waals surface area contributed by atoms with E-state index in [4.69, 9.17) is 17.3 Å². The summed E-state index contributed by atoms with van der Waals surface area (Å²) in [6.45, 7) is 1.97. The normalized spacial score (nSPS) is 10.2. The van der Waals surface area contributed by atoms with Gasteiger partial charge >= 0.3 is 5.97 Å². The Morgan fingerprint density at radius 3 is 2.69 bits per heavy atom. The van der Waals surface area contributed by atoms with Crippen molar-refractivity contribution in [1.82, 2.24) is 4.57 Å². The third-order valence-electron chi connectivity index (χ3n) is 1.58. The summed E-state index contributed by atoms with van der Waals surface area (Å²) in [6, 6.07) is 0. The molecule has 2 N–H and O–H groups in total. The van der Waals surface area contributed by atoms with E-state index in [9.17, 15) is 9.90 Å². The van der Waals surface area contributed by atoms with Crippen LogP contribution in [0.15, 0.2) is 0 Å². The van der Waals surface area contributed by atoms with Crippen molar-refractivity contribution in [3.8, 4) is 5.88 Å². The summed E-state index contributed by atoms with van der Waals surface area (Å²) in [5, 5.41) is 17.9. The molecule has 0 bridgehead atoms. The molecule has 1 rings (SSSR count). The molecule has 0 unspecified atom stereocenters. The number of aromatic nitrogens is 1. The molecule has 0 aromatic carbocycles. The summed E-state index contributed by atoms with van der Waals surface area (Å²) in [4.78, 5) is 11.0. The highest BCUT2D eigenvalue weighted by atomic mass is 32.1. The van der Waals surface area contributed by atoms with E-state index in [0.717, 1.165) is 4.88 Å². The predicted octanol–water partition coefficient (Wildman–Crippen LogP) is 1.77. The molecule has 0 aliphatic heterocycles. The first-order chi connectivity index (χ1) is 6.02. The maximum Gasteiger partial charge on any atom is 0.305 e. The molecule has 0 amide bonds. The molecule has 0 aliphatic carbocycles. The van der Waals surface area contributed by atoms with E-state index in [2.05, 4.69) is 0 Å². The predicted molar refractivity (Wildman–Crippen MR) is 51.8 cm³/mol. The largest absolute Gasteiger partial charge is 0.494 e. The molecule has 1 aromatic rings. The second-order valence-electron chi connectivity index (χ2n) is 2.54. The highest BCUT2D eigenvalue weighted by Crippen LogP contribution is 2.24. The summed E-state index contributed by atoms with van der Waals surface area (Å²) < 4.78 is 1.94. The fourth-order valence-corrected chi connectivity index (χ4v) is 2.22. The van der Waals surface area contributed by atoms with E-state index in [1.807, 2.05) is 0 Å². The van der Waals surface area contributed by atoms with Crippen molar-refractivity contribution in [3.63, 3.8) is 0 Å². The van der Waals surface area contributed by atoms with Crippen molar-refractivity contribution in [2.75, 3.05) is 0 Å². The zero-order chi connectivity index (χ0) is 10.0. The van der Waals surface area contributed by atoms with Gasteiger partial charge in [0, 0.05) is 6.54 Å². The number of hydrogen-bond acceptors (Lipinski definition) is 4. The lowest BCUT2D eigenvalue weighted by molar-refractivity contribution is -0.137. The van der Waals surface area contributed by atoms with E-state index in [1.165, 1.54) is 15.9 Å². The number of thiazole rings is 1. The summed E-state index contributed by atoms with van der Waals surface area (Å²) in [5.74, 6) is -0.818. The van der Waals surface area contributed by atoms with Gasteiger partial charge in [-0.25, -0.2) is 0 Å². The van der Waals surface area contributed by atoms with Crippen LogP contribution in [0.4, 0.5) is 0 Å². The van der Waals surface area contributed by atoms with Gasteiger partial charge in [0.1, 0.15) is 0 Å². The van der Waals surface area contributed by atoms with Crippen molar-refractivity contribution in [1.29, 1.82) is 0 Å². The summed E-state index contributed by atoms with van der Waals surface area (Å²) >= 11 is 6.22. The Morgan fingerprint density at radius 2 is 2.31 bits per heavy atom. The lowest BCUT2D eigenvalue weighted by Gasteiger charge is -2.01. The lowest BCUT2D eigenvalue weighted by atomic mass is 10.4. The van der Waals surface area contributed by atoms with Crippen molar-refractivity contribution in [3.05, 3.63) is 8.83 Å². The van der Waals surface area contributed by atoms with Gasteiger partial charge in [-0.05, 0) is 19.1 Å². The molecule has 0 radical (unpaired) electrons. The molecule has 1 heterocycles. The molecule has 4 nitrogen and oxygen atoms in total. The van der Waals surface area contributed by atoms with Crippen LogP contribution in [0.3, 0.4) is 0 Å². The van der Waals surface area contributed by atoms with E-state index in [-0.39, 0.29) is 18.8 Å². The first-order valence-electron chi connectivity index (χ1n) is 3.63. The number of aromatic hydroxyl groups is 1. The number of carbonyl (C=O) groups is 1. The van der Waals surface area contributed by atoms with Gasteiger partial charge in [0.25, 0.3) is 0 Å². The Kier molecular flexibility index (Phi) is 3.05. The Labute approximate surface area is 84.1 Å². The maximum absolute atomic E-state index is 10.3. The number of hydrogen-bond donors (Lipinski definition) is 2. The molecular formula is C7H9NO3S2. The number of aliphatic carboxylic acids is 1. The number of rotatable bonds is 3. The molecule has 1 aromatic heterocycles. The molecule has 0 atom stereocenters. The molecule has 0 fully saturated rings. The van der Waals surface area contributed by atoms with E-state index < -0.39 is 5.97 Å². The fraction of sp³-hybridized carbons (Fsp3) is 0.429. The molecule has 0 saturated carbocycles. The average Bonchev–Trinajstić information content (AvgIpc) is 2.24. The van der Waals surface area contributed by atoms with Crippen LogP contribution in [0.1, 0.15) is 11.3 Å². The second-order valence-corrected chi connectivity index (χ2v) is 4.39. The van der Waals surface area contributed by atoms with Crippen LogP contribution in [0.5, 0.6) is 5.88 Å². The SMILES string of the molecule is Cc1sc(=S)n(CCC(=O)O)c1O. The Balaban J connectivity index is 2.88. The van der Waals surface area contributed by atoms with Gasteiger partial charge in [-0.2, -0.15) is 0 Å². The van der Waals surface area contributed by atoms with Crippen LogP contribution >= 0.6 is 23.6 Å². The first kappa shape index (κ1) is 10.2. The van der Waals surface area contributed by atoms with Gasteiger partial charge in [0.2, 0.25) is 5.88 Å². The smallest absolute Gasteiger partial charge is 0.305 e. The summed E-state index contributed by atoms with van der Waals surface area (Å²) in [6.07, 6.45) is -0.0297. The van der Waals surface area contributed by atoms with Crippen molar-refractivity contribution in [2.45, 2.75) is 19.9 Å². The highest BCUT2D eigenvalue weighted by molar-refractivity contribution is 7.73. The Morgan fingerprint density at radius 1 is 1.69 bits per heavy atom. The van der Waals surface area contributed by atoms with Gasteiger partial charge in [-0.15, -0.1) is 11.3 Å². The molecule has 0 aliphatic rings. The van der Waals surface area contributed by atoms with Crippen LogP contribution in [0, 0.1) is 10.9 Å². The molecule has 0 spiro atoms. The van der Waals surface area contributed by atoms with Crippen molar-refractivity contribution >= 4 is 29.5 Å². The van der Waals surface area contributed by atoms with Crippen LogP contribution in [0.2, 0.25) is 0 Å². The minimum absolute atomic E-state index is 0.0297. The van der Waals surface area contributed by atoms with Crippen LogP contribution < -0.4 is 0 Å². The summed E-state index contributed by atoms with van der Waals surface area (Å²) in [7, 11) is 0. The molecule has 13 heavy (non-hydrogen) atoms.